The number of rotatable bonds is 6. The number of pyridine rings is 1. The first-order valence-electron chi connectivity index (χ1n) is 9.00. The zero-order valence-electron chi connectivity index (χ0n) is 16.5. The monoisotopic (exact) mass is 390 g/mol. The van der Waals surface area contributed by atoms with Gasteiger partial charge in [-0.3, -0.25) is 9.59 Å². The summed E-state index contributed by atoms with van der Waals surface area (Å²) in [5, 5.41) is 6.01. The van der Waals surface area contributed by atoms with Gasteiger partial charge in [-0.1, -0.05) is 12.1 Å². The molecule has 0 unspecified atom stereocenters. The Labute approximate surface area is 169 Å². The van der Waals surface area contributed by atoms with E-state index in [-0.39, 0.29) is 11.8 Å². The average molecular weight is 390 g/mol. The van der Waals surface area contributed by atoms with Gasteiger partial charge in [0.25, 0.3) is 5.91 Å². The topological polar surface area (TPSA) is 83.6 Å². The summed E-state index contributed by atoms with van der Waals surface area (Å²) in [5.74, 6) is 0.699. The van der Waals surface area contributed by atoms with Gasteiger partial charge < -0.3 is 20.3 Å². The van der Waals surface area contributed by atoms with Crippen LogP contribution in [0.2, 0.25) is 0 Å². The van der Waals surface area contributed by atoms with Crippen molar-refractivity contribution >= 4 is 34.7 Å². The van der Waals surface area contributed by atoms with E-state index in [1.807, 2.05) is 24.3 Å². The van der Waals surface area contributed by atoms with Crippen LogP contribution in [-0.4, -0.2) is 31.0 Å². The van der Waals surface area contributed by atoms with E-state index in [0.717, 1.165) is 5.69 Å². The maximum absolute atomic E-state index is 12.8. The van der Waals surface area contributed by atoms with E-state index in [4.69, 9.17) is 4.74 Å². The molecule has 0 aliphatic carbocycles. The lowest BCUT2D eigenvalue weighted by Crippen LogP contribution is -2.22. The molecule has 0 aliphatic heterocycles. The van der Waals surface area contributed by atoms with Gasteiger partial charge in [0, 0.05) is 31.5 Å². The summed E-state index contributed by atoms with van der Waals surface area (Å²) >= 11 is 0. The molecule has 7 nitrogen and oxygen atoms in total. The minimum Gasteiger partial charge on any atom is -0.495 e. The third-order valence-electron chi connectivity index (χ3n) is 4.40. The largest absolute Gasteiger partial charge is 0.495 e. The maximum Gasteiger partial charge on any atom is 0.259 e. The summed E-state index contributed by atoms with van der Waals surface area (Å²) in [5.41, 5.74) is 2.46. The number of ether oxygens (including phenoxy) is 1. The predicted octanol–water partition coefficient (Wildman–Crippen LogP) is 4.07. The van der Waals surface area contributed by atoms with Crippen molar-refractivity contribution in [3.05, 3.63) is 72.4 Å². The minimum atomic E-state index is -0.303. The lowest BCUT2D eigenvalue weighted by molar-refractivity contribution is -0.116. The lowest BCUT2D eigenvalue weighted by Gasteiger charge is -2.16. The Morgan fingerprint density at radius 1 is 1.00 bits per heavy atom. The molecule has 0 bridgehead atoms. The van der Waals surface area contributed by atoms with Gasteiger partial charge in [-0.15, -0.1) is 0 Å². The number of nitrogens with one attached hydrogen (secondary N) is 2. The molecule has 2 amide bonds. The van der Waals surface area contributed by atoms with Crippen molar-refractivity contribution in [2.24, 2.45) is 0 Å². The summed E-state index contributed by atoms with van der Waals surface area (Å²) in [6.45, 7) is 1.49. The molecule has 0 radical (unpaired) electrons. The summed E-state index contributed by atoms with van der Waals surface area (Å²) in [7, 11) is 3.28. The van der Waals surface area contributed by atoms with Crippen molar-refractivity contribution in [3.8, 4) is 5.75 Å². The first kappa shape index (κ1) is 19.9. The molecule has 7 heteroatoms. The van der Waals surface area contributed by atoms with Crippen LogP contribution in [0.25, 0.3) is 0 Å². The highest BCUT2D eigenvalue weighted by molar-refractivity contribution is 6.08. The molecule has 0 fully saturated rings. The second-order valence-electron chi connectivity index (χ2n) is 6.30. The molecule has 1 aromatic heterocycles. The number of carbonyl (C=O) groups excluding carboxylic acids is 2. The molecule has 0 atom stereocenters. The fraction of sp³-hybridized carbons (Fsp3) is 0.136. The van der Waals surface area contributed by atoms with Crippen molar-refractivity contribution in [2.45, 2.75) is 6.92 Å². The van der Waals surface area contributed by atoms with Crippen LogP contribution >= 0.6 is 0 Å². The molecule has 0 saturated carbocycles. The van der Waals surface area contributed by atoms with Gasteiger partial charge in [-0.05, 0) is 48.5 Å². The van der Waals surface area contributed by atoms with Crippen LogP contribution in [0, 0.1) is 0 Å². The van der Waals surface area contributed by atoms with Crippen LogP contribution in [0.5, 0.6) is 5.75 Å². The van der Waals surface area contributed by atoms with Crippen LogP contribution in [0.15, 0.2) is 66.9 Å². The number of amides is 2. The van der Waals surface area contributed by atoms with Crippen molar-refractivity contribution in [1.82, 2.24) is 4.98 Å². The third-order valence-corrected chi connectivity index (χ3v) is 4.40. The number of nitrogens with zero attached hydrogens (tertiary/aromatic N) is 2. The normalized spacial score (nSPS) is 10.2. The fourth-order valence-corrected chi connectivity index (χ4v) is 2.71. The number of anilines is 4. The summed E-state index contributed by atoms with van der Waals surface area (Å²) in [6.07, 6.45) is 1.61. The van der Waals surface area contributed by atoms with Gasteiger partial charge in [-0.25, -0.2) is 4.98 Å². The van der Waals surface area contributed by atoms with Crippen LogP contribution in [0.4, 0.5) is 22.9 Å². The van der Waals surface area contributed by atoms with Crippen molar-refractivity contribution in [2.75, 3.05) is 29.7 Å². The number of benzene rings is 2. The quantitative estimate of drug-likeness (QED) is 0.663. The molecule has 148 valence electrons. The van der Waals surface area contributed by atoms with Gasteiger partial charge in [-0.2, -0.15) is 0 Å². The Morgan fingerprint density at radius 2 is 1.72 bits per heavy atom. The van der Waals surface area contributed by atoms with E-state index in [1.54, 1.807) is 56.8 Å². The van der Waals surface area contributed by atoms with E-state index in [9.17, 15) is 9.59 Å². The smallest absolute Gasteiger partial charge is 0.259 e. The Balaban J connectivity index is 1.79. The van der Waals surface area contributed by atoms with Gasteiger partial charge in [0.05, 0.1) is 18.4 Å². The first-order valence-corrected chi connectivity index (χ1v) is 9.00. The lowest BCUT2D eigenvalue weighted by atomic mass is 10.2. The van der Waals surface area contributed by atoms with Crippen molar-refractivity contribution in [1.29, 1.82) is 0 Å². The van der Waals surface area contributed by atoms with Crippen molar-refractivity contribution < 1.29 is 14.3 Å². The highest BCUT2D eigenvalue weighted by Crippen LogP contribution is 2.28. The van der Waals surface area contributed by atoms with E-state index in [0.29, 0.717) is 28.5 Å². The Morgan fingerprint density at radius 3 is 2.41 bits per heavy atom. The van der Waals surface area contributed by atoms with E-state index >= 15 is 0 Å². The van der Waals surface area contributed by atoms with Gasteiger partial charge in [0.2, 0.25) is 5.91 Å². The number of carbonyl (C=O) groups is 2. The molecule has 3 rings (SSSR count). The minimum absolute atomic E-state index is 0.0656. The zero-order valence-corrected chi connectivity index (χ0v) is 16.5. The first-order chi connectivity index (χ1) is 14.0. The van der Waals surface area contributed by atoms with Crippen LogP contribution < -0.4 is 20.3 Å². The molecule has 0 aliphatic rings. The molecule has 3 aromatic rings. The maximum atomic E-state index is 12.8. The molecule has 0 spiro atoms. The van der Waals surface area contributed by atoms with Gasteiger partial charge in [0.1, 0.15) is 11.6 Å². The van der Waals surface area contributed by atoms with Gasteiger partial charge in [0.15, 0.2) is 0 Å². The molecule has 2 N–H and O–H groups in total. The van der Waals surface area contributed by atoms with Gasteiger partial charge >= 0.3 is 0 Å². The summed E-state index contributed by atoms with van der Waals surface area (Å²) in [4.78, 5) is 30.1. The number of hydrogen-bond donors (Lipinski definition) is 2. The number of para-hydroxylation sites is 2. The molecular formula is C22H22N4O3. The average Bonchev–Trinajstić information content (AvgIpc) is 2.74. The summed E-state index contributed by atoms with van der Waals surface area (Å²) in [6, 6.07) is 17.8. The Hall–Kier alpha value is -3.87. The standard InChI is InChI=1S/C22H22N4O3/c1-15(27)26(2)17-12-10-16(11-13-17)24-22(28)18-7-6-14-23-21(18)25-19-8-4-5-9-20(19)29-3/h4-14H,1-3H3,(H,23,25)(H,24,28). The molecule has 2 aromatic carbocycles. The van der Waals surface area contributed by atoms with Crippen molar-refractivity contribution in [3.63, 3.8) is 0 Å². The second-order valence-corrected chi connectivity index (χ2v) is 6.30. The van der Waals surface area contributed by atoms with E-state index in [2.05, 4.69) is 15.6 Å². The fourth-order valence-electron chi connectivity index (χ4n) is 2.71. The zero-order chi connectivity index (χ0) is 20.8. The number of aromatic nitrogens is 1. The van der Waals surface area contributed by atoms with E-state index in [1.165, 1.54) is 11.8 Å². The molecule has 29 heavy (non-hydrogen) atoms. The summed E-state index contributed by atoms with van der Waals surface area (Å²) < 4.78 is 5.34. The SMILES string of the molecule is COc1ccccc1Nc1ncccc1C(=O)Nc1ccc(N(C)C(C)=O)cc1. The van der Waals surface area contributed by atoms with Crippen LogP contribution in [-0.2, 0) is 4.79 Å². The van der Waals surface area contributed by atoms with E-state index < -0.39 is 0 Å². The molecule has 1 heterocycles. The Kier molecular flexibility index (Phi) is 6.09. The number of hydrogen-bond acceptors (Lipinski definition) is 5. The predicted molar refractivity (Wildman–Crippen MR) is 114 cm³/mol. The molecule has 0 saturated heterocycles. The highest BCUT2D eigenvalue weighted by Gasteiger charge is 2.14. The van der Waals surface area contributed by atoms with Crippen LogP contribution in [0.1, 0.15) is 17.3 Å². The third kappa shape index (κ3) is 4.70. The number of methoxy groups -OCH3 is 1. The molecular weight excluding hydrogens is 368 g/mol. The Bertz CT molecular complexity index is 1020. The highest BCUT2D eigenvalue weighted by atomic mass is 16.5. The second kappa shape index (κ2) is 8.88. The van der Waals surface area contributed by atoms with Crippen LogP contribution in [0.3, 0.4) is 0 Å².